The van der Waals surface area contributed by atoms with Crippen LogP contribution in [0.4, 0.5) is 11.4 Å². The van der Waals surface area contributed by atoms with Crippen molar-refractivity contribution >= 4 is 11.4 Å². The molecule has 0 saturated carbocycles. The van der Waals surface area contributed by atoms with Crippen LogP contribution in [-0.4, -0.2) is 39.0 Å². The van der Waals surface area contributed by atoms with Crippen LogP contribution < -0.4 is 19.3 Å². The van der Waals surface area contributed by atoms with E-state index in [1.54, 1.807) is 20.4 Å². The zero-order chi connectivity index (χ0) is 21.0. The summed E-state index contributed by atoms with van der Waals surface area (Å²) in [6.07, 6.45) is 1.75. The van der Waals surface area contributed by atoms with Gasteiger partial charge in [-0.2, -0.15) is 5.26 Å². The fourth-order valence-corrected chi connectivity index (χ4v) is 3.88. The molecular formula is C24H24N4O2. The number of hydrogen-bond donors (Lipinski definition) is 0. The number of ether oxygens (including phenoxy) is 2. The first kappa shape index (κ1) is 19.6. The Morgan fingerprint density at radius 1 is 0.833 bits per heavy atom. The zero-order valence-electron chi connectivity index (χ0n) is 17.2. The van der Waals surface area contributed by atoms with Crippen molar-refractivity contribution in [3.05, 3.63) is 78.6 Å². The van der Waals surface area contributed by atoms with Crippen LogP contribution >= 0.6 is 0 Å². The number of aromatic nitrogens is 1. The second kappa shape index (κ2) is 8.34. The van der Waals surface area contributed by atoms with Gasteiger partial charge >= 0.3 is 0 Å². The Morgan fingerprint density at radius 3 is 1.77 bits per heavy atom. The van der Waals surface area contributed by atoms with Gasteiger partial charge in [-0.05, 0) is 60.7 Å². The average molecular weight is 400 g/mol. The largest absolute Gasteiger partial charge is 0.497 e. The molecule has 4 rings (SSSR count). The van der Waals surface area contributed by atoms with E-state index in [2.05, 4.69) is 20.9 Å². The summed E-state index contributed by atoms with van der Waals surface area (Å²) in [7, 11) is 3.31. The molecule has 0 atom stereocenters. The molecule has 1 aliphatic heterocycles. The second-order valence-electron chi connectivity index (χ2n) is 7.34. The smallest absolute Gasteiger partial charge is 0.134 e. The summed E-state index contributed by atoms with van der Waals surface area (Å²) >= 11 is 0. The summed E-state index contributed by atoms with van der Waals surface area (Å²) in [6, 6.07) is 24.2. The van der Waals surface area contributed by atoms with Gasteiger partial charge in [0.25, 0.3) is 0 Å². The Hall–Kier alpha value is -3.72. The van der Waals surface area contributed by atoms with Crippen molar-refractivity contribution in [2.24, 2.45) is 0 Å². The molecule has 1 aromatic heterocycles. The summed E-state index contributed by atoms with van der Waals surface area (Å²) in [5, 5.41) is 10.3. The molecule has 152 valence electrons. The standard InChI is InChI=1S/C24H24N4O2/c1-29-21-10-6-19(7-11-21)27-16-24(15-25,23-5-3-4-14-26-23)17-28(18-27)20-8-12-22(30-2)13-9-20/h3-14H,16-18H2,1-2H3. The maximum absolute atomic E-state index is 10.3. The van der Waals surface area contributed by atoms with Gasteiger partial charge in [-0.25, -0.2) is 0 Å². The molecule has 3 aromatic rings. The lowest BCUT2D eigenvalue weighted by molar-refractivity contribution is 0.414. The fraction of sp³-hybridized carbons (Fsp3) is 0.250. The van der Waals surface area contributed by atoms with Crippen molar-refractivity contribution in [2.75, 3.05) is 43.8 Å². The van der Waals surface area contributed by atoms with Gasteiger partial charge in [0.1, 0.15) is 16.9 Å². The fourth-order valence-electron chi connectivity index (χ4n) is 3.88. The van der Waals surface area contributed by atoms with Gasteiger partial charge in [0.2, 0.25) is 0 Å². The van der Waals surface area contributed by atoms with Gasteiger partial charge in [-0.1, -0.05) is 6.07 Å². The normalized spacial score (nSPS) is 15.4. The van der Waals surface area contributed by atoms with E-state index in [1.165, 1.54) is 0 Å². The van der Waals surface area contributed by atoms with E-state index >= 15 is 0 Å². The molecule has 0 N–H and O–H groups in total. The number of methoxy groups -OCH3 is 2. The van der Waals surface area contributed by atoms with E-state index in [0.29, 0.717) is 19.8 Å². The van der Waals surface area contributed by atoms with Crippen molar-refractivity contribution in [1.29, 1.82) is 5.26 Å². The van der Waals surface area contributed by atoms with E-state index in [4.69, 9.17) is 9.47 Å². The molecule has 30 heavy (non-hydrogen) atoms. The first-order valence-corrected chi connectivity index (χ1v) is 9.78. The van der Waals surface area contributed by atoms with Crippen molar-refractivity contribution in [3.63, 3.8) is 0 Å². The Kier molecular flexibility index (Phi) is 5.44. The van der Waals surface area contributed by atoms with Gasteiger partial charge in [0, 0.05) is 30.7 Å². The van der Waals surface area contributed by atoms with E-state index < -0.39 is 5.41 Å². The third-order valence-corrected chi connectivity index (χ3v) is 5.51. The number of nitriles is 1. The molecule has 0 bridgehead atoms. The Balaban J connectivity index is 1.74. The van der Waals surface area contributed by atoms with Gasteiger partial charge in [-0.3, -0.25) is 4.98 Å². The van der Waals surface area contributed by atoms with Crippen LogP contribution in [0.5, 0.6) is 11.5 Å². The topological polar surface area (TPSA) is 61.6 Å². The van der Waals surface area contributed by atoms with Crippen LogP contribution in [0, 0.1) is 11.3 Å². The van der Waals surface area contributed by atoms with Gasteiger partial charge in [0.05, 0.1) is 32.7 Å². The van der Waals surface area contributed by atoms with Gasteiger partial charge in [0.15, 0.2) is 0 Å². The number of anilines is 2. The summed E-state index contributed by atoms with van der Waals surface area (Å²) in [5.74, 6) is 1.61. The monoisotopic (exact) mass is 400 g/mol. The van der Waals surface area contributed by atoms with Crippen molar-refractivity contribution in [3.8, 4) is 17.6 Å². The average Bonchev–Trinajstić information content (AvgIpc) is 2.84. The third-order valence-electron chi connectivity index (χ3n) is 5.51. The maximum atomic E-state index is 10.3. The second-order valence-corrected chi connectivity index (χ2v) is 7.34. The van der Waals surface area contributed by atoms with Crippen LogP contribution in [0.1, 0.15) is 5.69 Å². The first-order chi connectivity index (χ1) is 14.7. The van der Waals surface area contributed by atoms with Gasteiger partial charge < -0.3 is 19.3 Å². The highest BCUT2D eigenvalue weighted by Crippen LogP contribution is 2.34. The lowest BCUT2D eigenvalue weighted by Gasteiger charge is -2.46. The molecule has 6 nitrogen and oxygen atoms in total. The predicted molar refractivity (Wildman–Crippen MR) is 117 cm³/mol. The Morgan fingerprint density at radius 2 is 1.37 bits per heavy atom. The zero-order valence-corrected chi connectivity index (χ0v) is 17.2. The number of nitrogens with zero attached hydrogens (tertiary/aromatic N) is 4. The highest BCUT2D eigenvalue weighted by molar-refractivity contribution is 5.58. The highest BCUT2D eigenvalue weighted by atomic mass is 16.5. The van der Waals surface area contributed by atoms with Crippen molar-refractivity contribution in [1.82, 2.24) is 4.98 Å². The minimum absolute atomic E-state index is 0.555. The van der Waals surface area contributed by atoms with E-state index in [-0.39, 0.29) is 0 Å². The Labute approximate surface area is 176 Å². The number of benzene rings is 2. The molecule has 6 heteroatoms. The molecule has 0 amide bonds. The molecular weight excluding hydrogens is 376 g/mol. The highest BCUT2D eigenvalue weighted by Gasteiger charge is 2.42. The first-order valence-electron chi connectivity index (χ1n) is 9.78. The third kappa shape index (κ3) is 3.74. The van der Waals surface area contributed by atoms with E-state index in [9.17, 15) is 5.26 Å². The molecule has 0 aliphatic carbocycles. The molecule has 0 radical (unpaired) electrons. The summed E-state index contributed by atoms with van der Waals surface area (Å²) in [5.41, 5.74) is 2.08. The van der Waals surface area contributed by atoms with E-state index in [1.807, 2.05) is 66.7 Å². The van der Waals surface area contributed by atoms with Crippen LogP contribution in [0.15, 0.2) is 72.9 Å². The van der Waals surface area contributed by atoms with Crippen LogP contribution in [0.3, 0.4) is 0 Å². The minimum atomic E-state index is -0.765. The molecule has 1 fully saturated rings. The van der Waals surface area contributed by atoms with Crippen LogP contribution in [0.25, 0.3) is 0 Å². The molecule has 2 aromatic carbocycles. The van der Waals surface area contributed by atoms with Crippen LogP contribution in [-0.2, 0) is 5.41 Å². The summed E-state index contributed by atoms with van der Waals surface area (Å²) in [4.78, 5) is 8.97. The predicted octanol–water partition coefficient (Wildman–Crippen LogP) is 3.84. The quantitative estimate of drug-likeness (QED) is 0.648. The lowest BCUT2D eigenvalue weighted by Crippen LogP contribution is -2.58. The molecule has 0 spiro atoms. The molecule has 1 aliphatic rings. The lowest BCUT2D eigenvalue weighted by atomic mass is 9.82. The number of hydrogen-bond acceptors (Lipinski definition) is 6. The van der Waals surface area contributed by atoms with Crippen molar-refractivity contribution < 1.29 is 9.47 Å². The SMILES string of the molecule is COc1ccc(N2CN(c3ccc(OC)cc3)CC(C#N)(c3ccccn3)C2)cc1. The summed E-state index contributed by atoms with van der Waals surface area (Å²) in [6.45, 7) is 1.77. The number of rotatable bonds is 5. The van der Waals surface area contributed by atoms with E-state index in [0.717, 1.165) is 28.6 Å². The number of pyridine rings is 1. The van der Waals surface area contributed by atoms with Crippen molar-refractivity contribution in [2.45, 2.75) is 5.41 Å². The Bertz CT molecular complexity index is 958. The van der Waals surface area contributed by atoms with Crippen LogP contribution in [0.2, 0.25) is 0 Å². The van der Waals surface area contributed by atoms with Gasteiger partial charge in [-0.15, -0.1) is 0 Å². The summed E-state index contributed by atoms with van der Waals surface area (Å²) < 4.78 is 10.6. The molecule has 0 unspecified atom stereocenters. The minimum Gasteiger partial charge on any atom is -0.497 e. The maximum Gasteiger partial charge on any atom is 0.134 e. The molecule has 1 saturated heterocycles. The molecule has 2 heterocycles.